The van der Waals surface area contributed by atoms with Crippen LogP contribution < -0.4 is 4.90 Å². The quantitative estimate of drug-likeness (QED) is 0.716. The van der Waals surface area contributed by atoms with Crippen molar-refractivity contribution < 1.29 is 4.74 Å². The minimum absolute atomic E-state index is 0.178. The molecule has 4 rings (SSSR count). The lowest BCUT2D eigenvalue weighted by atomic mass is 10.1. The zero-order valence-corrected chi connectivity index (χ0v) is 15.1. The first-order valence-corrected chi connectivity index (χ1v) is 9.30. The van der Waals surface area contributed by atoms with Crippen LogP contribution in [0.15, 0.2) is 48.2 Å². The van der Waals surface area contributed by atoms with E-state index in [1.807, 2.05) is 18.3 Å². The predicted octanol–water partition coefficient (Wildman–Crippen LogP) is 3.88. The monoisotopic (exact) mass is 352 g/mol. The standard InChI is InChI=1S/C19H20N4OS/c1-13-11-23(12-14(2)24-13)19-21-10-16(15-5-7-20-8-6-15)18(22-19)17-4-3-9-25-17/h3-10,13-14H,11-12H2,1-2H3/t13-,14+. The molecule has 5 nitrogen and oxygen atoms in total. The molecule has 0 aromatic carbocycles. The van der Waals surface area contributed by atoms with Gasteiger partial charge in [0.25, 0.3) is 0 Å². The number of pyridine rings is 1. The van der Waals surface area contributed by atoms with Crippen LogP contribution in [0.2, 0.25) is 0 Å². The Bertz CT molecular complexity index is 828. The second kappa shape index (κ2) is 6.90. The van der Waals surface area contributed by atoms with Crippen LogP contribution in [0.1, 0.15) is 13.8 Å². The summed E-state index contributed by atoms with van der Waals surface area (Å²) in [6.07, 6.45) is 5.88. The number of aromatic nitrogens is 3. The van der Waals surface area contributed by atoms with Crippen LogP contribution in [-0.4, -0.2) is 40.2 Å². The average Bonchev–Trinajstić information content (AvgIpc) is 3.16. The Labute approximate surface area is 151 Å². The summed E-state index contributed by atoms with van der Waals surface area (Å²) in [4.78, 5) is 17.1. The van der Waals surface area contributed by atoms with E-state index in [1.54, 1.807) is 23.7 Å². The van der Waals surface area contributed by atoms with Gasteiger partial charge in [-0.05, 0) is 43.0 Å². The third-order valence-corrected chi connectivity index (χ3v) is 5.10. The number of hydrogen-bond donors (Lipinski definition) is 0. The summed E-state index contributed by atoms with van der Waals surface area (Å²) >= 11 is 1.69. The molecule has 0 unspecified atom stereocenters. The van der Waals surface area contributed by atoms with Crippen LogP contribution in [0, 0.1) is 0 Å². The van der Waals surface area contributed by atoms with E-state index in [1.165, 1.54) is 0 Å². The Balaban J connectivity index is 1.78. The molecule has 25 heavy (non-hydrogen) atoms. The fourth-order valence-electron chi connectivity index (χ4n) is 3.21. The zero-order chi connectivity index (χ0) is 17.2. The number of anilines is 1. The van der Waals surface area contributed by atoms with E-state index in [0.717, 1.165) is 40.7 Å². The Morgan fingerprint density at radius 1 is 1.12 bits per heavy atom. The second-order valence-electron chi connectivity index (χ2n) is 6.31. The van der Waals surface area contributed by atoms with E-state index in [4.69, 9.17) is 9.72 Å². The van der Waals surface area contributed by atoms with Gasteiger partial charge in [0.2, 0.25) is 5.95 Å². The van der Waals surface area contributed by atoms with E-state index < -0.39 is 0 Å². The first kappa shape index (κ1) is 16.2. The molecular formula is C19H20N4OS. The maximum absolute atomic E-state index is 5.83. The van der Waals surface area contributed by atoms with Gasteiger partial charge in [-0.1, -0.05) is 6.07 Å². The molecule has 0 spiro atoms. The summed E-state index contributed by atoms with van der Waals surface area (Å²) in [6.45, 7) is 5.80. The maximum Gasteiger partial charge on any atom is 0.226 e. The molecule has 3 aromatic rings. The molecule has 0 radical (unpaired) electrons. The van der Waals surface area contributed by atoms with Gasteiger partial charge in [-0.2, -0.15) is 0 Å². The summed E-state index contributed by atoms with van der Waals surface area (Å²) in [7, 11) is 0. The third-order valence-electron chi connectivity index (χ3n) is 4.22. The molecule has 6 heteroatoms. The number of rotatable bonds is 3. The molecule has 1 fully saturated rings. The topological polar surface area (TPSA) is 51.1 Å². The van der Waals surface area contributed by atoms with Crippen molar-refractivity contribution in [2.24, 2.45) is 0 Å². The Morgan fingerprint density at radius 3 is 2.56 bits per heavy atom. The maximum atomic E-state index is 5.83. The Morgan fingerprint density at radius 2 is 1.88 bits per heavy atom. The summed E-state index contributed by atoms with van der Waals surface area (Å²) in [5, 5.41) is 2.08. The van der Waals surface area contributed by atoms with E-state index in [0.29, 0.717) is 0 Å². The van der Waals surface area contributed by atoms with E-state index >= 15 is 0 Å². The van der Waals surface area contributed by atoms with Crippen molar-refractivity contribution in [1.82, 2.24) is 15.0 Å². The molecule has 0 aliphatic carbocycles. The molecule has 4 heterocycles. The number of hydrogen-bond acceptors (Lipinski definition) is 6. The first-order valence-electron chi connectivity index (χ1n) is 8.42. The highest BCUT2D eigenvalue weighted by Gasteiger charge is 2.25. The fraction of sp³-hybridized carbons (Fsp3) is 0.316. The lowest BCUT2D eigenvalue weighted by Gasteiger charge is -2.35. The smallest absolute Gasteiger partial charge is 0.226 e. The molecule has 0 amide bonds. The lowest BCUT2D eigenvalue weighted by molar-refractivity contribution is -0.00571. The molecule has 0 N–H and O–H groups in total. The minimum Gasteiger partial charge on any atom is -0.372 e. The van der Waals surface area contributed by atoms with Crippen LogP contribution in [0.3, 0.4) is 0 Å². The van der Waals surface area contributed by atoms with Crippen molar-refractivity contribution in [3.05, 3.63) is 48.2 Å². The second-order valence-corrected chi connectivity index (χ2v) is 7.26. The summed E-state index contributed by atoms with van der Waals surface area (Å²) in [5.41, 5.74) is 3.08. The molecule has 3 aromatic heterocycles. The number of nitrogens with zero attached hydrogens (tertiary/aromatic N) is 4. The number of ether oxygens (including phenoxy) is 1. The summed E-state index contributed by atoms with van der Waals surface area (Å²) < 4.78 is 5.83. The highest BCUT2D eigenvalue weighted by atomic mass is 32.1. The molecule has 1 aliphatic rings. The van der Waals surface area contributed by atoms with Crippen molar-refractivity contribution >= 4 is 17.3 Å². The Hall–Kier alpha value is -2.31. The third kappa shape index (κ3) is 3.41. The predicted molar refractivity (Wildman–Crippen MR) is 101 cm³/mol. The largest absolute Gasteiger partial charge is 0.372 e. The van der Waals surface area contributed by atoms with E-state index in [9.17, 15) is 0 Å². The van der Waals surface area contributed by atoms with E-state index in [2.05, 4.69) is 46.2 Å². The number of thiophene rings is 1. The van der Waals surface area contributed by atoms with Crippen LogP contribution in [-0.2, 0) is 4.74 Å². The van der Waals surface area contributed by atoms with Gasteiger partial charge in [0, 0.05) is 37.2 Å². The number of morpholine rings is 1. The van der Waals surface area contributed by atoms with Crippen LogP contribution in [0.5, 0.6) is 0 Å². The van der Waals surface area contributed by atoms with Gasteiger partial charge in [-0.3, -0.25) is 4.98 Å². The fourth-order valence-corrected chi connectivity index (χ4v) is 3.94. The van der Waals surface area contributed by atoms with Gasteiger partial charge in [0.05, 0.1) is 22.8 Å². The average molecular weight is 352 g/mol. The molecular weight excluding hydrogens is 332 g/mol. The van der Waals surface area contributed by atoms with Crippen molar-refractivity contribution in [2.75, 3.05) is 18.0 Å². The molecule has 2 atom stereocenters. The molecule has 1 aliphatic heterocycles. The summed E-state index contributed by atoms with van der Waals surface area (Å²) in [6, 6.07) is 8.14. The normalized spacial score (nSPS) is 20.6. The van der Waals surface area contributed by atoms with Crippen molar-refractivity contribution in [1.29, 1.82) is 0 Å². The summed E-state index contributed by atoms with van der Waals surface area (Å²) in [5.74, 6) is 0.767. The van der Waals surface area contributed by atoms with Gasteiger partial charge in [-0.15, -0.1) is 11.3 Å². The van der Waals surface area contributed by atoms with Crippen molar-refractivity contribution in [3.63, 3.8) is 0 Å². The van der Waals surface area contributed by atoms with E-state index in [-0.39, 0.29) is 12.2 Å². The van der Waals surface area contributed by atoms with Crippen molar-refractivity contribution in [2.45, 2.75) is 26.1 Å². The van der Waals surface area contributed by atoms with Gasteiger partial charge in [-0.25, -0.2) is 9.97 Å². The molecule has 128 valence electrons. The molecule has 1 saturated heterocycles. The van der Waals surface area contributed by atoms with Gasteiger partial charge < -0.3 is 9.64 Å². The van der Waals surface area contributed by atoms with Crippen LogP contribution in [0.25, 0.3) is 21.7 Å². The SMILES string of the molecule is C[C@@H]1CN(c2ncc(-c3ccncc3)c(-c3cccs3)n2)C[C@H](C)O1. The van der Waals surface area contributed by atoms with Gasteiger partial charge >= 0.3 is 0 Å². The lowest BCUT2D eigenvalue weighted by Crippen LogP contribution is -2.46. The van der Waals surface area contributed by atoms with Crippen LogP contribution >= 0.6 is 11.3 Å². The molecule has 0 saturated carbocycles. The highest BCUT2D eigenvalue weighted by Crippen LogP contribution is 2.34. The minimum atomic E-state index is 0.178. The van der Waals surface area contributed by atoms with Crippen LogP contribution in [0.4, 0.5) is 5.95 Å². The zero-order valence-electron chi connectivity index (χ0n) is 14.3. The Kier molecular flexibility index (Phi) is 4.46. The molecule has 0 bridgehead atoms. The van der Waals surface area contributed by atoms with Gasteiger partial charge in [0.15, 0.2) is 0 Å². The van der Waals surface area contributed by atoms with Crippen molar-refractivity contribution in [3.8, 4) is 21.7 Å². The first-order chi connectivity index (χ1) is 12.2. The highest BCUT2D eigenvalue weighted by molar-refractivity contribution is 7.13. The van der Waals surface area contributed by atoms with Gasteiger partial charge in [0.1, 0.15) is 0 Å².